The van der Waals surface area contributed by atoms with Crippen molar-refractivity contribution in [1.82, 2.24) is 0 Å². The molecule has 0 aliphatic carbocycles. The Morgan fingerprint density at radius 2 is 1.80 bits per heavy atom. The van der Waals surface area contributed by atoms with Crippen molar-refractivity contribution in [3.05, 3.63) is 70.8 Å². The highest BCUT2D eigenvalue weighted by molar-refractivity contribution is 6.30. The van der Waals surface area contributed by atoms with Gasteiger partial charge in [-0.1, -0.05) is 23.7 Å². The van der Waals surface area contributed by atoms with Gasteiger partial charge in [0.05, 0.1) is 5.69 Å². The molecule has 0 fully saturated rings. The van der Waals surface area contributed by atoms with Crippen LogP contribution in [-0.4, -0.2) is 5.91 Å². The average Bonchev–Trinajstić information content (AvgIpc) is 2.42. The van der Waals surface area contributed by atoms with E-state index < -0.39 is 11.7 Å². The molecule has 1 N–H and O–H groups in total. The van der Waals surface area contributed by atoms with Crippen molar-refractivity contribution in [2.45, 2.75) is 0 Å². The standard InChI is InChI=1S/C15H10ClF2NO/c16-11-4-7-13(18)14(9-11)19-15(20)8-3-10-1-5-12(17)6-2-10/h1-9H,(H,19,20)/b8-3+. The molecule has 2 aromatic rings. The lowest BCUT2D eigenvalue weighted by Gasteiger charge is -2.04. The summed E-state index contributed by atoms with van der Waals surface area (Å²) in [5, 5.41) is 2.70. The van der Waals surface area contributed by atoms with Crippen molar-refractivity contribution >= 4 is 29.3 Å². The Kier molecular flexibility index (Phi) is 4.48. The van der Waals surface area contributed by atoms with Gasteiger partial charge in [0.2, 0.25) is 5.91 Å². The van der Waals surface area contributed by atoms with E-state index in [-0.39, 0.29) is 11.5 Å². The molecule has 0 unspecified atom stereocenters. The van der Waals surface area contributed by atoms with Crippen LogP contribution in [0.3, 0.4) is 0 Å². The van der Waals surface area contributed by atoms with Crippen molar-refractivity contribution in [1.29, 1.82) is 0 Å². The fraction of sp³-hybridized carbons (Fsp3) is 0. The van der Waals surface area contributed by atoms with Crippen LogP contribution in [0.2, 0.25) is 5.02 Å². The smallest absolute Gasteiger partial charge is 0.248 e. The van der Waals surface area contributed by atoms with Crippen LogP contribution in [-0.2, 0) is 4.79 Å². The summed E-state index contributed by atoms with van der Waals surface area (Å²) in [5.41, 5.74) is 0.666. The Labute approximate surface area is 119 Å². The maximum atomic E-state index is 13.4. The number of benzene rings is 2. The summed E-state index contributed by atoms with van der Waals surface area (Å²) in [6.07, 6.45) is 2.73. The molecule has 2 nitrogen and oxygen atoms in total. The molecule has 0 atom stereocenters. The highest BCUT2D eigenvalue weighted by Crippen LogP contribution is 2.19. The zero-order valence-electron chi connectivity index (χ0n) is 10.2. The van der Waals surface area contributed by atoms with Gasteiger partial charge in [-0.25, -0.2) is 8.78 Å². The van der Waals surface area contributed by atoms with Gasteiger partial charge in [0.1, 0.15) is 11.6 Å². The van der Waals surface area contributed by atoms with Gasteiger partial charge in [-0.3, -0.25) is 4.79 Å². The molecule has 2 rings (SSSR count). The van der Waals surface area contributed by atoms with E-state index in [9.17, 15) is 13.6 Å². The topological polar surface area (TPSA) is 29.1 Å². The summed E-state index contributed by atoms with van der Waals surface area (Å²) in [5.74, 6) is -1.43. The van der Waals surface area contributed by atoms with Gasteiger partial charge in [-0.15, -0.1) is 0 Å². The maximum absolute atomic E-state index is 13.4. The normalized spacial score (nSPS) is 10.8. The number of nitrogens with one attached hydrogen (secondary N) is 1. The van der Waals surface area contributed by atoms with E-state index in [4.69, 9.17) is 11.6 Å². The highest BCUT2D eigenvalue weighted by Gasteiger charge is 2.05. The lowest BCUT2D eigenvalue weighted by atomic mass is 10.2. The molecule has 0 heterocycles. The van der Waals surface area contributed by atoms with Crippen molar-refractivity contribution < 1.29 is 13.6 Å². The number of hydrogen-bond acceptors (Lipinski definition) is 1. The van der Waals surface area contributed by atoms with E-state index in [1.807, 2.05) is 0 Å². The summed E-state index contributed by atoms with van der Waals surface area (Å²) in [7, 11) is 0. The molecule has 1 amide bonds. The van der Waals surface area contributed by atoms with Crippen LogP contribution in [0.25, 0.3) is 6.08 Å². The van der Waals surface area contributed by atoms with Crippen LogP contribution in [0.4, 0.5) is 14.5 Å². The van der Waals surface area contributed by atoms with Gasteiger partial charge < -0.3 is 5.32 Å². The number of halogens is 3. The van der Waals surface area contributed by atoms with Crippen LogP contribution in [0.1, 0.15) is 5.56 Å². The van der Waals surface area contributed by atoms with E-state index >= 15 is 0 Å². The molecule has 0 radical (unpaired) electrons. The van der Waals surface area contributed by atoms with Crippen LogP contribution < -0.4 is 5.32 Å². The average molecular weight is 294 g/mol. The zero-order valence-corrected chi connectivity index (χ0v) is 11.0. The number of hydrogen-bond donors (Lipinski definition) is 1. The lowest BCUT2D eigenvalue weighted by Crippen LogP contribution is -2.09. The van der Waals surface area contributed by atoms with Crippen LogP contribution in [0.15, 0.2) is 48.5 Å². The third kappa shape index (κ3) is 3.90. The zero-order chi connectivity index (χ0) is 14.5. The lowest BCUT2D eigenvalue weighted by molar-refractivity contribution is -0.111. The summed E-state index contributed by atoms with van der Waals surface area (Å²) >= 11 is 5.72. The van der Waals surface area contributed by atoms with Gasteiger partial charge in [0, 0.05) is 11.1 Å². The van der Waals surface area contributed by atoms with Crippen molar-refractivity contribution in [2.75, 3.05) is 5.32 Å². The number of anilines is 1. The molecule has 2 aromatic carbocycles. The number of carbonyl (C=O) groups is 1. The first kappa shape index (κ1) is 14.2. The Morgan fingerprint density at radius 1 is 1.10 bits per heavy atom. The molecule has 0 aliphatic heterocycles. The summed E-state index contributed by atoms with van der Waals surface area (Å²) in [6, 6.07) is 9.50. The Hall–Kier alpha value is -2.20. The predicted octanol–water partition coefficient (Wildman–Crippen LogP) is 4.27. The van der Waals surface area contributed by atoms with Gasteiger partial charge >= 0.3 is 0 Å². The largest absolute Gasteiger partial charge is 0.320 e. The molecule has 0 saturated heterocycles. The first-order valence-corrected chi connectivity index (χ1v) is 6.12. The highest BCUT2D eigenvalue weighted by atomic mass is 35.5. The van der Waals surface area contributed by atoms with Crippen molar-refractivity contribution in [2.24, 2.45) is 0 Å². The van der Waals surface area contributed by atoms with E-state index in [1.54, 1.807) is 0 Å². The first-order valence-electron chi connectivity index (χ1n) is 5.74. The molecule has 0 spiro atoms. The molecule has 0 saturated carbocycles. The Bertz CT molecular complexity index is 653. The molecule has 5 heteroatoms. The molecule has 0 aliphatic rings. The minimum atomic E-state index is -0.571. The Balaban J connectivity index is 2.05. The van der Waals surface area contributed by atoms with Crippen LogP contribution in [0.5, 0.6) is 0 Å². The van der Waals surface area contributed by atoms with Crippen LogP contribution in [0, 0.1) is 11.6 Å². The molecule has 102 valence electrons. The van der Waals surface area contributed by atoms with Crippen LogP contribution >= 0.6 is 11.6 Å². The monoisotopic (exact) mass is 293 g/mol. The summed E-state index contributed by atoms with van der Waals surface area (Å²) < 4.78 is 26.1. The van der Waals surface area contributed by atoms with Gasteiger partial charge in [0.15, 0.2) is 0 Å². The number of amides is 1. The molecule has 0 aromatic heterocycles. The third-order valence-electron chi connectivity index (χ3n) is 2.48. The second-order valence-corrected chi connectivity index (χ2v) is 4.43. The third-order valence-corrected chi connectivity index (χ3v) is 2.72. The van der Waals surface area contributed by atoms with E-state index in [2.05, 4.69) is 5.32 Å². The molecule has 20 heavy (non-hydrogen) atoms. The number of carbonyl (C=O) groups excluding carboxylic acids is 1. The first-order chi connectivity index (χ1) is 9.54. The number of rotatable bonds is 3. The summed E-state index contributed by atoms with van der Waals surface area (Å²) in [4.78, 5) is 11.6. The van der Waals surface area contributed by atoms with E-state index in [0.29, 0.717) is 10.6 Å². The molecule has 0 bridgehead atoms. The van der Waals surface area contributed by atoms with Gasteiger partial charge in [-0.2, -0.15) is 0 Å². The second-order valence-electron chi connectivity index (χ2n) is 4.00. The van der Waals surface area contributed by atoms with E-state index in [1.165, 1.54) is 54.6 Å². The van der Waals surface area contributed by atoms with E-state index in [0.717, 1.165) is 0 Å². The van der Waals surface area contributed by atoms with Gasteiger partial charge in [-0.05, 0) is 42.0 Å². The fourth-order valence-electron chi connectivity index (χ4n) is 1.51. The van der Waals surface area contributed by atoms with Crippen molar-refractivity contribution in [3.8, 4) is 0 Å². The van der Waals surface area contributed by atoms with Crippen molar-refractivity contribution in [3.63, 3.8) is 0 Å². The SMILES string of the molecule is O=C(/C=C/c1ccc(F)cc1)Nc1cc(Cl)ccc1F. The quantitative estimate of drug-likeness (QED) is 0.841. The minimum absolute atomic E-state index is 0.00579. The molecular formula is C15H10ClF2NO. The fourth-order valence-corrected chi connectivity index (χ4v) is 1.69. The maximum Gasteiger partial charge on any atom is 0.248 e. The molecular weight excluding hydrogens is 284 g/mol. The minimum Gasteiger partial charge on any atom is -0.320 e. The Morgan fingerprint density at radius 3 is 2.50 bits per heavy atom. The predicted molar refractivity (Wildman–Crippen MR) is 75.5 cm³/mol. The summed E-state index contributed by atoms with van der Waals surface area (Å²) in [6.45, 7) is 0. The second kappa shape index (κ2) is 6.30. The van der Waals surface area contributed by atoms with Gasteiger partial charge in [0.25, 0.3) is 0 Å².